The van der Waals surface area contributed by atoms with E-state index in [0.717, 1.165) is 80.6 Å². The lowest BCUT2D eigenvalue weighted by Gasteiger charge is -2.18. The molecule has 0 unspecified atom stereocenters. The summed E-state index contributed by atoms with van der Waals surface area (Å²) in [5.41, 5.74) is 10.9. The zero-order chi connectivity index (χ0) is 34.0. The predicted octanol–water partition coefficient (Wildman–Crippen LogP) is 7.41. The number of aryl methyl sites for hydroxylation is 8. The minimum absolute atomic E-state index is 0.0109. The minimum atomic E-state index is -0.585. The number of rotatable bonds is 11. The highest BCUT2D eigenvalue weighted by molar-refractivity contribution is 7.99. The van der Waals surface area contributed by atoms with E-state index in [1.165, 1.54) is 28.4 Å². The van der Waals surface area contributed by atoms with Crippen LogP contribution in [0.5, 0.6) is 0 Å². The van der Waals surface area contributed by atoms with Crippen LogP contribution >= 0.6 is 23.5 Å². The van der Waals surface area contributed by atoms with Gasteiger partial charge in [-0.05, 0) is 93.7 Å². The number of Topliss-reactive ketones (excluding diaryl/α,β-unsaturated/α-hetero) is 1. The van der Waals surface area contributed by atoms with Crippen molar-refractivity contribution in [2.75, 3.05) is 25.3 Å². The predicted molar refractivity (Wildman–Crippen MR) is 193 cm³/mol. The van der Waals surface area contributed by atoms with Crippen molar-refractivity contribution in [3.05, 3.63) is 79.3 Å². The van der Waals surface area contributed by atoms with E-state index in [0.29, 0.717) is 5.56 Å². The summed E-state index contributed by atoms with van der Waals surface area (Å²) in [6.45, 7) is 16.2. The number of hydrazone groups is 1. The second-order valence-electron chi connectivity index (χ2n) is 11.2. The summed E-state index contributed by atoms with van der Waals surface area (Å²) in [5.74, 6) is -0.322. The van der Waals surface area contributed by atoms with Crippen LogP contribution in [0.3, 0.4) is 0 Å². The summed E-state index contributed by atoms with van der Waals surface area (Å²) in [4.78, 5) is 39.0. The molecular formula is C36H50N4O3S2. The van der Waals surface area contributed by atoms with Gasteiger partial charge in [-0.3, -0.25) is 14.4 Å². The van der Waals surface area contributed by atoms with Crippen LogP contribution in [0.4, 0.5) is 0 Å². The number of amides is 1. The molecule has 3 aromatic rings. The highest BCUT2D eigenvalue weighted by Gasteiger charge is 2.25. The molecule has 0 saturated heterocycles. The van der Waals surface area contributed by atoms with Crippen LogP contribution in [0, 0.1) is 20.8 Å². The Morgan fingerprint density at radius 1 is 0.844 bits per heavy atom. The van der Waals surface area contributed by atoms with Gasteiger partial charge in [0.1, 0.15) is 0 Å². The quantitative estimate of drug-likeness (QED) is 0.0707. The van der Waals surface area contributed by atoms with Gasteiger partial charge < -0.3 is 0 Å². The van der Waals surface area contributed by atoms with Gasteiger partial charge >= 0.3 is 5.91 Å². The van der Waals surface area contributed by atoms with Crippen molar-refractivity contribution in [2.45, 2.75) is 86.0 Å². The molecule has 1 aromatic heterocycles. The summed E-state index contributed by atoms with van der Waals surface area (Å²) in [5, 5.41) is 9.70. The number of nitrogens with zero attached hydrogens (tertiary/aromatic N) is 4. The maximum Gasteiger partial charge on any atom is 0.314 e. The summed E-state index contributed by atoms with van der Waals surface area (Å²) in [6.07, 6.45) is 7.27. The Hall–Kier alpha value is -3.17. The molecule has 0 aliphatic rings. The Balaban J connectivity index is 0.000000314. The Morgan fingerprint density at radius 2 is 1.31 bits per heavy atom. The van der Waals surface area contributed by atoms with Crippen molar-refractivity contribution in [1.82, 2.24) is 14.8 Å². The number of ketones is 1. The zero-order valence-electron chi connectivity index (χ0n) is 29.2. The van der Waals surface area contributed by atoms with E-state index in [4.69, 9.17) is 0 Å². The molecule has 0 saturated carbocycles. The van der Waals surface area contributed by atoms with Crippen molar-refractivity contribution >= 4 is 40.9 Å². The third-order valence-corrected chi connectivity index (χ3v) is 9.24. The van der Waals surface area contributed by atoms with Gasteiger partial charge in [0.25, 0.3) is 11.3 Å². The van der Waals surface area contributed by atoms with Crippen LogP contribution in [0.15, 0.2) is 39.1 Å². The largest absolute Gasteiger partial charge is 0.314 e. The van der Waals surface area contributed by atoms with Gasteiger partial charge in [0.15, 0.2) is 0 Å². The molecule has 9 heteroatoms. The van der Waals surface area contributed by atoms with Crippen molar-refractivity contribution in [2.24, 2.45) is 12.1 Å². The van der Waals surface area contributed by atoms with E-state index < -0.39 is 11.7 Å². The lowest BCUT2D eigenvalue weighted by atomic mass is 9.90. The van der Waals surface area contributed by atoms with Crippen molar-refractivity contribution in [1.29, 1.82) is 0 Å². The van der Waals surface area contributed by atoms with E-state index in [9.17, 15) is 14.4 Å². The molecule has 0 fully saturated rings. The average Bonchev–Trinajstić information content (AvgIpc) is 3.01. The number of carbonyl (C=O) groups excluding carboxylic acids is 2. The number of benzene rings is 2. The molecular weight excluding hydrogens is 601 g/mol. The minimum Gasteiger partial charge on any atom is -0.283 e. The van der Waals surface area contributed by atoms with E-state index >= 15 is 0 Å². The first kappa shape index (κ1) is 38.0. The van der Waals surface area contributed by atoms with Gasteiger partial charge in [-0.25, -0.2) is 9.69 Å². The van der Waals surface area contributed by atoms with E-state index in [1.807, 2.05) is 59.3 Å². The molecule has 0 atom stereocenters. The van der Waals surface area contributed by atoms with E-state index in [1.54, 1.807) is 30.6 Å². The summed E-state index contributed by atoms with van der Waals surface area (Å²) >= 11 is 3.23. The molecule has 0 aliphatic carbocycles. The number of hydrogen-bond acceptors (Lipinski definition) is 7. The Kier molecular flexibility index (Phi) is 14.8. The summed E-state index contributed by atoms with van der Waals surface area (Å²) < 4.78 is 1.46. The maximum absolute atomic E-state index is 12.8. The molecule has 0 N–H and O–H groups in total. The number of carbonyl (C=O) groups is 2. The fourth-order valence-electron chi connectivity index (χ4n) is 5.63. The summed E-state index contributed by atoms with van der Waals surface area (Å²) in [7, 11) is 3.27. The van der Waals surface area contributed by atoms with Crippen LogP contribution in [0.25, 0.3) is 11.1 Å². The van der Waals surface area contributed by atoms with Crippen LogP contribution < -0.4 is 5.56 Å². The van der Waals surface area contributed by atoms with Crippen LogP contribution in [-0.4, -0.2) is 57.5 Å². The number of aromatic nitrogens is 2. The topological polar surface area (TPSA) is 84.6 Å². The first-order valence-corrected chi connectivity index (χ1v) is 18.1. The van der Waals surface area contributed by atoms with E-state index in [2.05, 4.69) is 43.1 Å². The molecule has 0 bridgehead atoms. The second-order valence-corrected chi connectivity index (χ2v) is 12.9. The van der Waals surface area contributed by atoms with Gasteiger partial charge in [-0.2, -0.15) is 22.0 Å². The third kappa shape index (κ3) is 9.19. The van der Waals surface area contributed by atoms with Gasteiger partial charge in [0.2, 0.25) is 0 Å². The highest BCUT2D eigenvalue weighted by atomic mass is 32.2. The Bertz CT molecular complexity index is 1580. The van der Waals surface area contributed by atoms with Crippen molar-refractivity contribution in [3.63, 3.8) is 0 Å². The highest BCUT2D eigenvalue weighted by Crippen LogP contribution is 2.35. The lowest BCUT2D eigenvalue weighted by molar-refractivity contribution is -0.125. The number of likely N-dealkylation sites (N-methyl/N-ethyl adjacent to an activating group) is 1. The molecule has 0 spiro atoms. The Labute approximate surface area is 278 Å². The van der Waals surface area contributed by atoms with Gasteiger partial charge in [-0.15, -0.1) is 11.8 Å². The average molecular weight is 651 g/mol. The molecule has 0 radical (unpaired) electrons. The maximum atomic E-state index is 12.8. The molecule has 3 rings (SSSR count). The van der Waals surface area contributed by atoms with Gasteiger partial charge in [0.05, 0.1) is 11.3 Å². The zero-order valence-corrected chi connectivity index (χ0v) is 30.8. The normalized spacial score (nSPS) is 11.2. The smallest absolute Gasteiger partial charge is 0.283 e. The van der Waals surface area contributed by atoms with Crippen LogP contribution in [0.1, 0.15) is 84.1 Å². The SMILES string of the molecule is CCc1cc(C)cc(CC)c1-c1c(SC)c(C)nn(C)c1=O.CCc1cc(C)cc(CC)c1C(=O)C(=O)N(C)N=C(C)CSC. The fraction of sp³-hybridized carbons (Fsp3) is 0.472. The lowest BCUT2D eigenvalue weighted by Crippen LogP contribution is -2.31. The molecule has 2 aromatic carbocycles. The molecule has 7 nitrogen and oxygen atoms in total. The Morgan fingerprint density at radius 3 is 1.73 bits per heavy atom. The third-order valence-electron chi connectivity index (χ3n) is 7.62. The molecule has 1 heterocycles. The second kappa shape index (κ2) is 17.5. The monoisotopic (exact) mass is 650 g/mol. The molecule has 0 aliphatic heterocycles. The molecule has 45 heavy (non-hydrogen) atoms. The number of thioether (sulfide) groups is 2. The van der Waals surface area contributed by atoms with Crippen LogP contribution in [-0.2, 0) is 37.5 Å². The first-order valence-electron chi connectivity index (χ1n) is 15.5. The van der Waals surface area contributed by atoms with Crippen molar-refractivity contribution < 1.29 is 9.59 Å². The summed E-state index contributed by atoms with van der Waals surface area (Å²) in [6, 6.07) is 8.38. The standard InChI is InChI=1S/C18H26N2O2S.C18H24N2OS/c1-7-14-9-12(3)10-15(8-2)16(14)17(21)18(22)20(5)19-13(4)11-23-6;1-7-13-9-11(3)10-14(8-2)15(13)16-17(22-6)12(4)19-20(5)18(16)21/h9-10H,7-8,11H2,1-6H3;9-10H,7-8H2,1-6H3. The van der Waals surface area contributed by atoms with Gasteiger partial charge in [-0.1, -0.05) is 63.1 Å². The first-order chi connectivity index (χ1) is 21.3. The van der Waals surface area contributed by atoms with Crippen molar-refractivity contribution in [3.8, 4) is 11.1 Å². The molecule has 1 amide bonds. The molecule has 244 valence electrons. The van der Waals surface area contributed by atoms with Gasteiger partial charge in [0, 0.05) is 36.0 Å². The van der Waals surface area contributed by atoms with E-state index in [-0.39, 0.29) is 5.56 Å². The fourth-order valence-corrected chi connectivity index (χ4v) is 6.84. The number of hydrogen-bond donors (Lipinski definition) is 0. The van der Waals surface area contributed by atoms with Crippen LogP contribution in [0.2, 0.25) is 0 Å².